The molecule has 0 saturated heterocycles. The Bertz CT molecular complexity index is 13.7. The van der Waals surface area contributed by atoms with Crippen molar-refractivity contribution in [3.63, 3.8) is 0 Å². The van der Waals surface area contributed by atoms with E-state index < -0.39 is 0 Å². The van der Waals surface area contributed by atoms with Gasteiger partial charge in [0, 0.05) is 0 Å². The van der Waals surface area contributed by atoms with Crippen LogP contribution in [0.5, 0.6) is 0 Å². The third-order valence-corrected chi connectivity index (χ3v) is 0. The molecule has 0 saturated carbocycles. The van der Waals surface area contributed by atoms with Crippen molar-refractivity contribution in [2.45, 2.75) is 0 Å². The minimum absolute atomic E-state index is 0. The van der Waals surface area contributed by atoms with Crippen LogP contribution >= 0.6 is 0 Å². The Morgan fingerprint density at radius 3 is 1.00 bits per heavy atom. The summed E-state index contributed by atoms with van der Waals surface area (Å²) in [6.07, 6.45) is 0. The summed E-state index contributed by atoms with van der Waals surface area (Å²) in [7, 11) is 1.50. The molecule has 0 amide bonds. The van der Waals surface area contributed by atoms with E-state index in [1.54, 1.807) is 0 Å². The second kappa shape index (κ2) is 108. The molecule has 0 aliphatic carbocycles. The van der Waals surface area contributed by atoms with E-state index in [1.807, 2.05) is 0 Å². The van der Waals surface area contributed by atoms with Crippen LogP contribution in [0.2, 0.25) is 0 Å². The van der Waals surface area contributed by atoms with Gasteiger partial charge in [-0.3, -0.25) is 0 Å². The fourth-order valence-electron chi connectivity index (χ4n) is 0. The molecule has 32 valence electrons. The molecule has 0 aromatic rings. The van der Waals surface area contributed by atoms with Crippen molar-refractivity contribution in [1.82, 2.24) is 0 Å². The first kappa shape index (κ1) is 17.0. The molecule has 0 rings (SSSR count). The summed E-state index contributed by atoms with van der Waals surface area (Å²) in [6.45, 7) is 0. The van der Waals surface area contributed by atoms with Crippen LogP contribution in [-0.2, 0) is 26.2 Å². The summed E-state index contributed by atoms with van der Waals surface area (Å²) < 4.78 is 0. The minimum Gasteiger partial charge on any atom is -1.00 e. The maximum absolute atomic E-state index is 8.25. The molecule has 5 heavy (non-hydrogen) atoms. The summed E-state index contributed by atoms with van der Waals surface area (Å²) in [4.78, 5) is 0. The van der Waals surface area contributed by atoms with Gasteiger partial charge in [-0.05, 0) is 0 Å². The largest absolute Gasteiger partial charge is 4.00 e. The SMILES string of the molecule is C[O-].C[O-].[H-].[H-].[Zr+4]. The molecule has 0 heterocycles. The molecule has 0 fully saturated rings. The Labute approximate surface area is 53.9 Å². The van der Waals surface area contributed by atoms with Crippen molar-refractivity contribution in [2.24, 2.45) is 0 Å². The maximum Gasteiger partial charge on any atom is 4.00 e. The van der Waals surface area contributed by atoms with Crippen LogP contribution in [0.3, 0.4) is 0 Å². The Hall–Kier alpha value is 0.803. The van der Waals surface area contributed by atoms with E-state index in [4.69, 9.17) is 10.2 Å². The fourth-order valence-corrected chi connectivity index (χ4v) is 0. The molecule has 0 spiro atoms. The smallest absolute Gasteiger partial charge is 1.00 e. The summed E-state index contributed by atoms with van der Waals surface area (Å²) in [5.41, 5.74) is 0. The Balaban J connectivity index is -0.00000000267. The summed E-state index contributed by atoms with van der Waals surface area (Å²) in [5.74, 6) is 0. The average Bonchev–Trinajstić information content (AvgIpc) is 1.50. The van der Waals surface area contributed by atoms with Crippen molar-refractivity contribution in [2.75, 3.05) is 14.2 Å². The van der Waals surface area contributed by atoms with Gasteiger partial charge < -0.3 is 13.1 Å². The second-order valence-corrected chi connectivity index (χ2v) is 0. The van der Waals surface area contributed by atoms with Crippen LogP contribution in [0.1, 0.15) is 2.85 Å². The summed E-state index contributed by atoms with van der Waals surface area (Å²) in [6, 6.07) is 0. The molecule has 0 aromatic heterocycles. The zero-order chi connectivity index (χ0) is 4.00. The molecule has 0 atom stereocenters. The third-order valence-electron chi connectivity index (χ3n) is 0. The monoisotopic (exact) mass is 154 g/mol. The van der Waals surface area contributed by atoms with Gasteiger partial charge in [-0.2, -0.15) is 14.2 Å². The van der Waals surface area contributed by atoms with Gasteiger partial charge in [-0.1, -0.05) is 0 Å². The normalized spacial score (nSPS) is 2.40. The maximum atomic E-state index is 8.25. The predicted molar refractivity (Wildman–Crippen MR) is 14.1 cm³/mol. The molecule has 2 nitrogen and oxygen atoms in total. The van der Waals surface area contributed by atoms with Crippen LogP contribution < -0.4 is 10.2 Å². The zero-order valence-electron chi connectivity index (χ0n) is 5.32. The van der Waals surface area contributed by atoms with E-state index in [9.17, 15) is 0 Å². The van der Waals surface area contributed by atoms with Crippen molar-refractivity contribution < 1.29 is 39.3 Å². The van der Waals surface area contributed by atoms with Crippen molar-refractivity contribution in [1.29, 1.82) is 0 Å². The number of rotatable bonds is 0. The Kier molecular flexibility index (Phi) is 367. The van der Waals surface area contributed by atoms with Crippen LogP contribution in [0.25, 0.3) is 0 Å². The molecule has 0 radical (unpaired) electrons. The van der Waals surface area contributed by atoms with E-state index in [1.165, 1.54) is 0 Å². The predicted octanol–water partition coefficient (Wildman–Crippen LogP) is -1.82. The van der Waals surface area contributed by atoms with E-state index in [-0.39, 0.29) is 29.1 Å². The molecule has 0 aromatic carbocycles. The van der Waals surface area contributed by atoms with E-state index in [0.29, 0.717) is 0 Å². The van der Waals surface area contributed by atoms with Gasteiger partial charge in [-0.25, -0.2) is 0 Å². The first-order valence-electron chi connectivity index (χ1n) is 0.816. The molecule has 3 heteroatoms. The number of hydrogen-bond donors (Lipinski definition) is 0. The molecule has 0 N–H and O–H groups in total. The molecular weight excluding hydrogens is 147 g/mol. The quantitative estimate of drug-likeness (QED) is 0.413. The van der Waals surface area contributed by atoms with Gasteiger partial charge in [0.2, 0.25) is 0 Å². The third kappa shape index (κ3) is 58.5. The van der Waals surface area contributed by atoms with Crippen LogP contribution in [-0.4, -0.2) is 14.2 Å². The summed E-state index contributed by atoms with van der Waals surface area (Å²) >= 11 is 0. The first-order chi connectivity index (χ1) is 2.00. The molecule has 0 aliphatic heterocycles. The van der Waals surface area contributed by atoms with Crippen molar-refractivity contribution >= 4 is 0 Å². The van der Waals surface area contributed by atoms with Gasteiger partial charge in [-0.15, -0.1) is 0 Å². The van der Waals surface area contributed by atoms with Crippen LogP contribution in [0, 0.1) is 0 Å². The zero-order valence-corrected chi connectivity index (χ0v) is 5.77. The minimum atomic E-state index is 0. The van der Waals surface area contributed by atoms with Gasteiger partial charge in [0.25, 0.3) is 0 Å². The van der Waals surface area contributed by atoms with Gasteiger partial charge >= 0.3 is 26.2 Å². The van der Waals surface area contributed by atoms with E-state index in [2.05, 4.69) is 0 Å². The van der Waals surface area contributed by atoms with Crippen LogP contribution in [0.15, 0.2) is 0 Å². The second-order valence-electron chi connectivity index (χ2n) is 0. The Morgan fingerprint density at radius 2 is 1.00 bits per heavy atom. The number of hydrogen-bond acceptors (Lipinski definition) is 2. The standard InChI is InChI=1S/2CH3O.Zr.2H/c2*1-2;;;/h2*1H3;;;/q2*-1;+4;2*-1. The fraction of sp³-hybridized carbons (Fsp3) is 1.00. The molecular formula is C2H8O2Zr. The molecule has 0 bridgehead atoms. The average molecular weight is 155 g/mol. The molecule has 0 unspecified atom stereocenters. The molecule has 0 aliphatic rings. The topological polar surface area (TPSA) is 46.1 Å². The van der Waals surface area contributed by atoms with Crippen molar-refractivity contribution in [3.05, 3.63) is 0 Å². The van der Waals surface area contributed by atoms with Crippen LogP contribution in [0.4, 0.5) is 0 Å². The summed E-state index contributed by atoms with van der Waals surface area (Å²) in [5, 5.41) is 16.5. The first-order valence-corrected chi connectivity index (χ1v) is 0.816. The van der Waals surface area contributed by atoms with E-state index >= 15 is 0 Å². The Morgan fingerprint density at radius 1 is 1.00 bits per heavy atom. The van der Waals surface area contributed by atoms with Gasteiger partial charge in [0.15, 0.2) is 0 Å². The van der Waals surface area contributed by atoms with Gasteiger partial charge in [0.05, 0.1) is 0 Å². The van der Waals surface area contributed by atoms with Crippen molar-refractivity contribution in [3.8, 4) is 0 Å². The van der Waals surface area contributed by atoms with Gasteiger partial charge in [0.1, 0.15) is 0 Å². The van der Waals surface area contributed by atoms with E-state index in [0.717, 1.165) is 14.2 Å².